The number of nitrogens with zero attached hydrogens (tertiary/aromatic N) is 7. The largest absolute Gasteiger partial charge is 0.856 e. The van der Waals surface area contributed by atoms with Crippen molar-refractivity contribution in [2.45, 2.75) is 25.5 Å². The number of allylic oxidation sites excluding steroid dienone is 1. The lowest BCUT2D eigenvalue weighted by Gasteiger charge is -2.35. The second kappa shape index (κ2) is 15.6. The van der Waals surface area contributed by atoms with Gasteiger partial charge in [-0.05, 0) is 31.9 Å². The molecule has 0 bridgehead atoms. The predicted octanol–water partition coefficient (Wildman–Crippen LogP) is 3.77. The Morgan fingerprint density at radius 3 is 1.84 bits per heavy atom. The van der Waals surface area contributed by atoms with E-state index in [1.807, 2.05) is 85.3 Å². The summed E-state index contributed by atoms with van der Waals surface area (Å²) >= 11 is 2.54. The molecule has 14 heteroatoms. The van der Waals surface area contributed by atoms with E-state index in [0.717, 1.165) is 21.5 Å². The monoisotopic (exact) mass is 721 g/mol. The third-order valence-corrected chi connectivity index (χ3v) is 13.4. The molecule has 1 aliphatic rings. The van der Waals surface area contributed by atoms with Gasteiger partial charge in [-0.15, -0.1) is 20.0 Å². The first kappa shape index (κ1) is 34.8. The third kappa shape index (κ3) is 6.84. The maximum atomic E-state index is 13.9. The van der Waals surface area contributed by atoms with Crippen LogP contribution in [0.4, 0.5) is 0 Å². The van der Waals surface area contributed by atoms with Gasteiger partial charge in [0.15, 0.2) is 0 Å². The van der Waals surface area contributed by atoms with Gasteiger partial charge in [-0.25, -0.2) is 4.33 Å². The first-order chi connectivity index (χ1) is 24.4. The SMILES string of the molecule is CSC1=NNC(C)=C([O-])N1N/C(=N\n1c(SC)nnc(C)c1=O)[N+](Cc1ccccc1)=P(c1ccccc1)(c1ccccc1)c1ccccc1. The molecule has 0 radical (unpaired) electrons. The standard InChI is InChI=1S/C36H36N9O2PS2/c1-26-32(46)44(35(49-3)39-37-26)41-34(42-45-33(47)27(2)38-40-36(45)50-4)43(25-28-17-9-5-10-18-28)48(29-19-11-6-12-20-29,30-21-13-7-14-22-30)31-23-15-8-16-24-31/h5-24H,25H2,1-4H3,(H2-,37,38,41,42,46,47). The summed E-state index contributed by atoms with van der Waals surface area (Å²) in [5.74, 6) is -0.116. The topological polar surface area (TPSA) is 126 Å². The fourth-order valence-electron chi connectivity index (χ4n) is 5.58. The summed E-state index contributed by atoms with van der Waals surface area (Å²) in [5, 5.41) is 37.0. The summed E-state index contributed by atoms with van der Waals surface area (Å²) in [7, 11) is -2.93. The van der Waals surface area contributed by atoms with E-state index in [1.165, 1.54) is 33.2 Å². The van der Waals surface area contributed by atoms with Crippen LogP contribution in [0, 0.1) is 6.92 Å². The number of amidine groups is 1. The minimum absolute atomic E-state index is 0.185. The van der Waals surface area contributed by atoms with Crippen LogP contribution in [0.2, 0.25) is 0 Å². The molecule has 254 valence electrons. The lowest BCUT2D eigenvalue weighted by Crippen LogP contribution is -2.54. The van der Waals surface area contributed by atoms with E-state index in [9.17, 15) is 9.90 Å². The highest BCUT2D eigenvalue weighted by atomic mass is 32.2. The zero-order chi connectivity index (χ0) is 35.1. The zero-order valence-electron chi connectivity index (χ0n) is 28.0. The summed E-state index contributed by atoms with van der Waals surface area (Å²) in [6, 6.07) is 41.0. The van der Waals surface area contributed by atoms with Gasteiger partial charge in [0.2, 0.25) is 10.3 Å². The molecule has 4 aromatic carbocycles. The molecule has 11 nitrogen and oxygen atoms in total. The molecule has 2 heterocycles. The number of hydrogen-bond donors (Lipinski definition) is 2. The molecule has 1 aliphatic heterocycles. The molecule has 1 aromatic heterocycles. The lowest BCUT2D eigenvalue weighted by molar-refractivity contribution is -0.412. The van der Waals surface area contributed by atoms with Gasteiger partial charge in [-0.3, -0.25) is 10.2 Å². The highest BCUT2D eigenvalue weighted by Gasteiger charge is 2.38. The third-order valence-electron chi connectivity index (χ3n) is 7.95. The Morgan fingerprint density at radius 1 is 0.820 bits per heavy atom. The Labute approximate surface area is 299 Å². The molecule has 0 amide bonds. The van der Waals surface area contributed by atoms with Crippen molar-refractivity contribution in [1.82, 2.24) is 30.7 Å². The number of guanidine groups is 1. The molecule has 5 aromatic rings. The number of hydrogen-bond acceptors (Lipinski definition) is 10. The molecule has 0 fully saturated rings. The van der Waals surface area contributed by atoms with E-state index in [-0.39, 0.29) is 22.7 Å². The van der Waals surface area contributed by atoms with Crippen molar-refractivity contribution in [2.24, 2.45) is 10.2 Å². The second-order valence-electron chi connectivity index (χ2n) is 11.1. The zero-order valence-corrected chi connectivity index (χ0v) is 30.5. The first-order valence-corrected chi connectivity index (χ1v) is 19.9. The van der Waals surface area contributed by atoms with Crippen LogP contribution >= 0.6 is 30.6 Å². The Kier molecular flexibility index (Phi) is 10.9. The van der Waals surface area contributed by atoms with E-state index in [2.05, 4.69) is 79.0 Å². The molecule has 0 unspecified atom stereocenters. The van der Waals surface area contributed by atoms with Crippen LogP contribution in [0.25, 0.3) is 0 Å². The lowest BCUT2D eigenvalue weighted by atomic mass is 10.2. The summed E-state index contributed by atoms with van der Waals surface area (Å²) in [6.45, 7) is 3.61. The van der Waals surface area contributed by atoms with Crippen LogP contribution in [0.1, 0.15) is 18.2 Å². The van der Waals surface area contributed by atoms with Gasteiger partial charge in [-0.1, -0.05) is 145 Å². The van der Waals surface area contributed by atoms with E-state index < -0.39 is 12.6 Å². The molecule has 0 atom stereocenters. The highest BCUT2D eigenvalue weighted by Crippen LogP contribution is 2.46. The molecule has 0 aliphatic carbocycles. The summed E-state index contributed by atoms with van der Waals surface area (Å²) in [5.41, 5.74) is 7.27. The molecule has 2 N–H and O–H groups in total. The Balaban J connectivity index is 1.85. The smallest absolute Gasteiger partial charge is 0.434 e. The fraction of sp³-hybridized carbons (Fsp3) is 0.139. The van der Waals surface area contributed by atoms with Crippen LogP contribution in [-0.2, 0) is 6.54 Å². The number of benzene rings is 4. The Bertz CT molecular complexity index is 2070. The molecule has 0 spiro atoms. The molecular weight excluding hydrogens is 686 g/mol. The van der Waals surface area contributed by atoms with Crippen LogP contribution in [-0.4, -0.2) is 47.8 Å². The minimum Gasteiger partial charge on any atom is -0.856 e. The number of aryl methyl sites for hydroxylation is 1. The molecule has 50 heavy (non-hydrogen) atoms. The van der Waals surface area contributed by atoms with Crippen molar-refractivity contribution in [3.05, 3.63) is 155 Å². The summed E-state index contributed by atoms with van der Waals surface area (Å²) in [4.78, 5) is 13.8. The normalized spacial score (nSPS) is 13.5. The maximum absolute atomic E-state index is 13.9. The van der Waals surface area contributed by atoms with Crippen molar-refractivity contribution in [1.29, 1.82) is 0 Å². The minimum atomic E-state index is -2.93. The number of rotatable bonds is 8. The Hall–Kier alpha value is -5.10. The van der Waals surface area contributed by atoms with Crippen molar-refractivity contribution < 1.29 is 9.43 Å². The van der Waals surface area contributed by atoms with Crippen molar-refractivity contribution in [3.8, 4) is 0 Å². The van der Waals surface area contributed by atoms with Gasteiger partial charge >= 0.3 is 11.5 Å². The van der Waals surface area contributed by atoms with Gasteiger partial charge in [0.05, 0.1) is 13.6 Å². The number of hydrazine groups is 1. The average molecular weight is 722 g/mol. The second-order valence-corrected chi connectivity index (χ2v) is 15.9. The van der Waals surface area contributed by atoms with Crippen LogP contribution < -0.4 is 37.4 Å². The van der Waals surface area contributed by atoms with Crippen molar-refractivity contribution >= 4 is 57.6 Å². The van der Waals surface area contributed by atoms with Crippen LogP contribution in [0.5, 0.6) is 0 Å². The van der Waals surface area contributed by atoms with Gasteiger partial charge in [0.1, 0.15) is 5.69 Å². The average Bonchev–Trinajstić information content (AvgIpc) is 3.16. The molecule has 6 rings (SSSR count). The number of hydrazone groups is 1. The van der Waals surface area contributed by atoms with E-state index in [1.54, 1.807) is 13.8 Å². The quantitative estimate of drug-likeness (QED) is 0.107. The van der Waals surface area contributed by atoms with Gasteiger partial charge < -0.3 is 5.11 Å². The van der Waals surface area contributed by atoms with Gasteiger partial charge in [-0.2, -0.15) is 10.4 Å². The first-order valence-electron chi connectivity index (χ1n) is 15.7. The summed E-state index contributed by atoms with van der Waals surface area (Å²) in [6.07, 6.45) is 3.65. The number of thioether (sulfide) groups is 2. The van der Waals surface area contributed by atoms with E-state index >= 15 is 0 Å². The summed E-state index contributed by atoms with van der Waals surface area (Å²) < 4.78 is 3.46. The molecule has 0 saturated heterocycles. The van der Waals surface area contributed by atoms with E-state index in [4.69, 9.17) is 5.10 Å². The van der Waals surface area contributed by atoms with Crippen LogP contribution in [0.15, 0.2) is 153 Å². The van der Waals surface area contributed by atoms with Crippen molar-refractivity contribution in [2.75, 3.05) is 12.5 Å². The van der Waals surface area contributed by atoms with Crippen molar-refractivity contribution in [3.63, 3.8) is 0 Å². The predicted molar refractivity (Wildman–Crippen MR) is 203 cm³/mol. The van der Waals surface area contributed by atoms with Gasteiger partial charge in [0.25, 0.3) is 0 Å². The van der Waals surface area contributed by atoms with Gasteiger partial charge in [0, 0.05) is 32.6 Å². The number of aromatic nitrogens is 3. The molecule has 0 saturated carbocycles. The fourth-order valence-corrected chi connectivity index (χ4v) is 10.7. The number of nitrogens with one attached hydrogen (secondary N) is 2. The maximum Gasteiger partial charge on any atom is 0.434 e. The van der Waals surface area contributed by atoms with Crippen LogP contribution in [0.3, 0.4) is 0 Å². The Morgan fingerprint density at radius 2 is 1.34 bits per heavy atom. The van der Waals surface area contributed by atoms with E-state index in [0.29, 0.717) is 17.4 Å². The molecular formula is C36H36N9O2PS2. The highest BCUT2D eigenvalue weighted by molar-refractivity contribution is 8.13.